The summed E-state index contributed by atoms with van der Waals surface area (Å²) in [4.78, 5) is 21.7. The lowest BCUT2D eigenvalue weighted by molar-refractivity contribution is -0.386. The van der Waals surface area contributed by atoms with Crippen LogP contribution < -0.4 is 4.74 Å². The van der Waals surface area contributed by atoms with Gasteiger partial charge in [0.25, 0.3) is 0 Å². The minimum atomic E-state index is -0.805. The average Bonchev–Trinajstić information content (AvgIpc) is 2.46. The predicted molar refractivity (Wildman–Crippen MR) is 69.3 cm³/mol. The molecular formula is C14H9F2NO4. The second kappa shape index (κ2) is 6.08. The molecule has 0 heterocycles. The van der Waals surface area contributed by atoms with Crippen molar-refractivity contribution in [3.05, 3.63) is 69.8 Å². The number of Topliss-reactive ketones (excluding diaryl/α,β-unsaturated/α-hetero) is 1. The van der Waals surface area contributed by atoms with Crippen molar-refractivity contribution in [2.24, 2.45) is 0 Å². The van der Waals surface area contributed by atoms with Gasteiger partial charge in [-0.3, -0.25) is 14.9 Å². The van der Waals surface area contributed by atoms with Crippen molar-refractivity contribution in [3.8, 4) is 5.75 Å². The number of hydrogen-bond donors (Lipinski definition) is 0. The topological polar surface area (TPSA) is 69.4 Å². The molecule has 21 heavy (non-hydrogen) atoms. The van der Waals surface area contributed by atoms with Gasteiger partial charge in [-0.2, -0.15) is 0 Å². The van der Waals surface area contributed by atoms with Crippen molar-refractivity contribution in [1.29, 1.82) is 0 Å². The molecule has 0 radical (unpaired) electrons. The molecule has 0 atom stereocenters. The number of hydrogen-bond acceptors (Lipinski definition) is 4. The van der Waals surface area contributed by atoms with Gasteiger partial charge < -0.3 is 4.74 Å². The molecule has 0 amide bonds. The van der Waals surface area contributed by atoms with Crippen LogP contribution in [0.2, 0.25) is 0 Å². The van der Waals surface area contributed by atoms with Crippen molar-refractivity contribution in [1.82, 2.24) is 0 Å². The minimum Gasteiger partial charge on any atom is -0.478 e. The van der Waals surface area contributed by atoms with Crippen LogP contribution in [0.1, 0.15) is 10.4 Å². The van der Waals surface area contributed by atoms with Gasteiger partial charge in [0.15, 0.2) is 18.1 Å². The molecule has 0 aliphatic rings. The third-order valence-corrected chi connectivity index (χ3v) is 2.64. The number of carbonyl (C=O) groups is 1. The highest BCUT2D eigenvalue weighted by molar-refractivity contribution is 5.97. The maximum absolute atomic E-state index is 12.9. The molecule has 0 fully saturated rings. The number of nitrogens with zero attached hydrogens (tertiary/aromatic N) is 1. The van der Waals surface area contributed by atoms with Crippen LogP contribution in [0.3, 0.4) is 0 Å². The first kappa shape index (κ1) is 14.6. The molecule has 0 N–H and O–H groups in total. The van der Waals surface area contributed by atoms with E-state index >= 15 is 0 Å². The first-order valence-corrected chi connectivity index (χ1v) is 5.83. The summed E-state index contributed by atoms with van der Waals surface area (Å²) in [5, 5.41) is 10.8. The summed E-state index contributed by atoms with van der Waals surface area (Å²) in [6.45, 7) is -0.474. The Hall–Kier alpha value is -2.83. The summed E-state index contributed by atoms with van der Waals surface area (Å²) >= 11 is 0. The summed E-state index contributed by atoms with van der Waals surface area (Å²) in [6.07, 6.45) is 0. The molecule has 0 aromatic heterocycles. The number of carbonyl (C=O) groups excluding carboxylic acids is 1. The number of benzene rings is 2. The number of rotatable bonds is 5. The summed E-state index contributed by atoms with van der Waals surface area (Å²) in [5.74, 6) is -1.95. The molecule has 0 unspecified atom stereocenters. The van der Waals surface area contributed by atoms with E-state index in [2.05, 4.69) is 0 Å². The van der Waals surface area contributed by atoms with E-state index in [4.69, 9.17) is 4.74 Å². The molecular weight excluding hydrogens is 284 g/mol. The quantitative estimate of drug-likeness (QED) is 0.482. The lowest BCUT2D eigenvalue weighted by atomic mass is 10.1. The van der Waals surface area contributed by atoms with Crippen molar-refractivity contribution in [2.45, 2.75) is 0 Å². The van der Waals surface area contributed by atoms with Gasteiger partial charge in [0, 0.05) is 5.56 Å². The third-order valence-electron chi connectivity index (χ3n) is 2.64. The van der Waals surface area contributed by atoms with Gasteiger partial charge in [-0.15, -0.1) is 0 Å². The van der Waals surface area contributed by atoms with Crippen LogP contribution in [-0.4, -0.2) is 17.3 Å². The van der Waals surface area contributed by atoms with Crippen molar-refractivity contribution in [2.75, 3.05) is 6.61 Å². The maximum atomic E-state index is 12.9. The fraction of sp³-hybridized carbons (Fsp3) is 0.0714. The lowest BCUT2D eigenvalue weighted by Crippen LogP contribution is -2.12. The van der Waals surface area contributed by atoms with Crippen LogP contribution in [0.4, 0.5) is 14.5 Å². The molecule has 0 spiro atoms. The minimum absolute atomic E-state index is 0.209. The van der Waals surface area contributed by atoms with E-state index in [1.807, 2.05) is 0 Å². The Bertz CT molecular complexity index is 686. The number of ether oxygens (including phenoxy) is 1. The zero-order valence-electron chi connectivity index (χ0n) is 10.6. The average molecular weight is 293 g/mol. The van der Waals surface area contributed by atoms with Crippen LogP contribution in [-0.2, 0) is 0 Å². The second-order valence-corrected chi connectivity index (χ2v) is 4.09. The van der Waals surface area contributed by atoms with E-state index < -0.39 is 34.6 Å². The molecule has 0 aliphatic carbocycles. The SMILES string of the molecule is O=C(COc1ccc(F)cc1[N+](=O)[O-])c1ccc(F)cc1. The fourth-order valence-corrected chi connectivity index (χ4v) is 1.62. The standard InChI is InChI=1S/C14H9F2NO4/c15-10-3-1-9(2-4-10)13(18)8-21-14-6-5-11(16)7-12(14)17(19)20/h1-7H,8H2. The highest BCUT2D eigenvalue weighted by atomic mass is 19.1. The van der Waals surface area contributed by atoms with E-state index in [-0.39, 0.29) is 11.3 Å². The molecule has 7 heteroatoms. The smallest absolute Gasteiger partial charge is 0.313 e. The van der Waals surface area contributed by atoms with Gasteiger partial charge >= 0.3 is 5.69 Å². The fourth-order valence-electron chi connectivity index (χ4n) is 1.62. The van der Waals surface area contributed by atoms with Gasteiger partial charge in [0.1, 0.15) is 11.6 Å². The van der Waals surface area contributed by atoms with Gasteiger partial charge in [-0.05, 0) is 36.4 Å². The third kappa shape index (κ3) is 3.59. The number of ketones is 1. The molecule has 2 aromatic rings. The summed E-state index contributed by atoms with van der Waals surface area (Å²) in [7, 11) is 0. The number of nitro groups is 1. The molecule has 5 nitrogen and oxygen atoms in total. The normalized spacial score (nSPS) is 10.2. The Balaban J connectivity index is 2.11. The van der Waals surface area contributed by atoms with Crippen LogP contribution >= 0.6 is 0 Å². The lowest BCUT2D eigenvalue weighted by Gasteiger charge is -2.06. The van der Waals surface area contributed by atoms with Crippen LogP contribution in [0.5, 0.6) is 5.75 Å². The molecule has 0 bridgehead atoms. The molecule has 2 aromatic carbocycles. The molecule has 0 aliphatic heterocycles. The first-order valence-electron chi connectivity index (χ1n) is 5.83. The highest BCUT2D eigenvalue weighted by Crippen LogP contribution is 2.27. The largest absolute Gasteiger partial charge is 0.478 e. The summed E-state index contributed by atoms with van der Waals surface area (Å²) in [6, 6.07) is 7.56. The Labute approximate surface area is 117 Å². The van der Waals surface area contributed by atoms with Gasteiger partial charge in [0.05, 0.1) is 11.0 Å². The number of nitro benzene ring substituents is 1. The van der Waals surface area contributed by atoms with Gasteiger partial charge in [0.2, 0.25) is 0 Å². The number of halogens is 2. The van der Waals surface area contributed by atoms with E-state index in [1.54, 1.807) is 0 Å². The second-order valence-electron chi connectivity index (χ2n) is 4.09. The van der Waals surface area contributed by atoms with Crippen molar-refractivity contribution < 1.29 is 23.2 Å². The Morgan fingerprint density at radius 1 is 1.10 bits per heavy atom. The van der Waals surface area contributed by atoms with E-state index in [9.17, 15) is 23.7 Å². The van der Waals surface area contributed by atoms with E-state index in [0.717, 1.165) is 24.3 Å². The summed E-state index contributed by atoms with van der Waals surface area (Å²) in [5.41, 5.74) is -0.358. The molecule has 2 rings (SSSR count). The van der Waals surface area contributed by atoms with Crippen LogP contribution in [0.15, 0.2) is 42.5 Å². The zero-order chi connectivity index (χ0) is 15.4. The predicted octanol–water partition coefficient (Wildman–Crippen LogP) is 3.13. The highest BCUT2D eigenvalue weighted by Gasteiger charge is 2.17. The van der Waals surface area contributed by atoms with Gasteiger partial charge in [-0.25, -0.2) is 8.78 Å². The zero-order valence-corrected chi connectivity index (χ0v) is 10.6. The van der Waals surface area contributed by atoms with Crippen LogP contribution in [0.25, 0.3) is 0 Å². The Morgan fingerprint density at radius 3 is 2.33 bits per heavy atom. The molecule has 0 saturated heterocycles. The molecule has 108 valence electrons. The van der Waals surface area contributed by atoms with E-state index in [0.29, 0.717) is 6.07 Å². The monoisotopic (exact) mass is 293 g/mol. The van der Waals surface area contributed by atoms with Crippen molar-refractivity contribution >= 4 is 11.5 Å². The summed E-state index contributed by atoms with van der Waals surface area (Å²) < 4.78 is 30.7. The van der Waals surface area contributed by atoms with Crippen LogP contribution in [0, 0.1) is 21.7 Å². The van der Waals surface area contributed by atoms with E-state index in [1.165, 1.54) is 12.1 Å². The Kier molecular flexibility index (Phi) is 4.22. The van der Waals surface area contributed by atoms with Crippen molar-refractivity contribution in [3.63, 3.8) is 0 Å². The Morgan fingerprint density at radius 2 is 1.71 bits per heavy atom. The first-order chi connectivity index (χ1) is 9.97. The van der Waals surface area contributed by atoms with Gasteiger partial charge in [-0.1, -0.05) is 0 Å². The maximum Gasteiger partial charge on any atom is 0.313 e. The molecule has 0 saturated carbocycles.